The number of hydrogen-bond donors (Lipinski definition) is 0. The summed E-state index contributed by atoms with van der Waals surface area (Å²) in [5, 5.41) is 0.320. The normalized spacial score (nSPS) is 17.9. The Hall–Kier alpha value is -2.26. The van der Waals surface area contributed by atoms with E-state index in [2.05, 4.69) is 0 Å². The highest BCUT2D eigenvalue weighted by Crippen LogP contribution is 2.36. The Morgan fingerprint density at radius 1 is 1.28 bits per heavy atom. The number of halogens is 1. The Bertz CT molecular complexity index is 898. The second-order valence-electron chi connectivity index (χ2n) is 6.42. The molecule has 0 radical (unpaired) electrons. The molecule has 1 aliphatic rings. The fourth-order valence-corrected chi connectivity index (χ4v) is 5.15. The second-order valence-corrected chi connectivity index (χ2v) is 9.05. The van der Waals surface area contributed by atoms with Crippen molar-refractivity contribution in [3.63, 3.8) is 0 Å². The number of carbonyl (C=O) groups is 2. The fraction of sp³-hybridized carbons (Fsp3) is 0.474. The minimum absolute atomic E-state index is 0.0551. The second kappa shape index (κ2) is 9.98. The molecule has 0 bridgehead atoms. The van der Waals surface area contributed by atoms with Gasteiger partial charge in [-0.05, 0) is 37.1 Å². The zero-order chi connectivity index (χ0) is 21.6. The van der Waals surface area contributed by atoms with Crippen molar-refractivity contribution in [2.24, 2.45) is 0 Å². The van der Waals surface area contributed by atoms with Gasteiger partial charge in [-0.1, -0.05) is 11.6 Å². The van der Waals surface area contributed by atoms with Gasteiger partial charge >= 0.3 is 5.97 Å². The summed E-state index contributed by atoms with van der Waals surface area (Å²) < 4.78 is 38.6. The minimum Gasteiger partial charge on any atom is -0.493 e. The molecule has 2 rings (SSSR count). The molecule has 1 atom stereocenters. The number of sulfone groups is 1. The number of methoxy groups -OCH3 is 2. The number of amides is 1. The highest BCUT2D eigenvalue weighted by Gasteiger charge is 2.34. The van der Waals surface area contributed by atoms with E-state index in [-0.39, 0.29) is 17.5 Å². The van der Waals surface area contributed by atoms with Crippen molar-refractivity contribution in [2.75, 3.05) is 38.9 Å². The van der Waals surface area contributed by atoms with E-state index in [9.17, 15) is 18.0 Å². The Kier molecular flexibility index (Phi) is 7.92. The fourth-order valence-electron chi connectivity index (χ4n) is 3.12. The molecule has 0 aromatic heterocycles. The SMILES string of the molecule is CCN(C(=O)COC(=O)C=Cc1cc(Cl)c(OC)c(OC)c1)C1CCS(=O)(=O)C1. The maximum Gasteiger partial charge on any atom is 0.331 e. The summed E-state index contributed by atoms with van der Waals surface area (Å²) in [5.74, 6) is -0.329. The minimum atomic E-state index is -3.11. The maximum absolute atomic E-state index is 12.3. The van der Waals surface area contributed by atoms with E-state index >= 15 is 0 Å². The predicted molar refractivity (Wildman–Crippen MR) is 109 cm³/mol. The quantitative estimate of drug-likeness (QED) is 0.445. The standard InChI is InChI=1S/C19H24ClNO7S/c1-4-21(14-7-8-29(24,25)12-14)17(22)11-28-18(23)6-5-13-9-15(20)19(27-3)16(10-13)26-2/h5-6,9-10,14H,4,7-8,11-12H2,1-3H3. The Labute approximate surface area is 175 Å². The topological polar surface area (TPSA) is 99.2 Å². The van der Waals surface area contributed by atoms with Gasteiger partial charge in [0.1, 0.15) is 0 Å². The van der Waals surface area contributed by atoms with Crippen molar-refractivity contribution < 1.29 is 32.2 Å². The smallest absolute Gasteiger partial charge is 0.331 e. The van der Waals surface area contributed by atoms with Gasteiger partial charge in [0.25, 0.3) is 5.91 Å². The van der Waals surface area contributed by atoms with Crippen molar-refractivity contribution in [1.82, 2.24) is 4.90 Å². The zero-order valence-corrected chi connectivity index (χ0v) is 18.1. The molecule has 1 aromatic rings. The highest BCUT2D eigenvalue weighted by atomic mass is 35.5. The van der Waals surface area contributed by atoms with E-state index in [0.717, 1.165) is 0 Å². The number of rotatable bonds is 8. The van der Waals surface area contributed by atoms with Crippen LogP contribution in [0.4, 0.5) is 0 Å². The molecule has 0 aliphatic carbocycles. The summed E-state index contributed by atoms with van der Waals surface area (Å²) in [6.07, 6.45) is 3.04. The molecule has 1 aromatic carbocycles. The molecule has 160 valence electrons. The first kappa shape index (κ1) is 23.0. The molecule has 10 heteroatoms. The molecule has 1 heterocycles. The number of nitrogens with zero attached hydrogens (tertiary/aromatic N) is 1. The molecular formula is C19H24ClNO7S. The molecule has 1 fully saturated rings. The average molecular weight is 446 g/mol. The van der Waals surface area contributed by atoms with Crippen molar-refractivity contribution >= 4 is 39.4 Å². The van der Waals surface area contributed by atoms with Crippen LogP contribution < -0.4 is 9.47 Å². The van der Waals surface area contributed by atoms with Crippen molar-refractivity contribution in [3.05, 3.63) is 28.8 Å². The van der Waals surface area contributed by atoms with Crippen LogP contribution in [0, 0.1) is 0 Å². The van der Waals surface area contributed by atoms with E-state index in [1.807, 2.05) is 0 Å². The first-order chi connectivity index (χ1) is 13.7. The van der Waals surface area contributed by atoms with Crippen LogP contribution in [0.25, 0.3) is 6.08 Å². The Balaban J connectivity index is 1.95. The predicted octanol–water partition coefficient (Wildman–Crippen LogP) is 1.95. The summed E-state index contributed by atoms with van der Waals surface area (Å²) in [7, 11) is -0.176. The van der Waals surface area contributed by atoms with Crippen LogP contribution in [0.15, 0.2) is 18.2 Å². The molecule has 0 spiro atoms. The van der Waals surface area contributed by atoms with E-state index < -0.39 is 28.3 Å². The number of hydrogen-bond acceptors (Lipinski definition) is 7. The maximum atomic E-state index is 12.3. The van der Waals surface area contributed by atoms with Crippen LogP contribution in [0.3, 0.4) is 0 Å². The zero-order valence-electron chi connectivity index (χ0n) is 16.5. The van der Waals surface area contributed by atoms with Gasteiger partial charge in [0.05, 0.1) is 30.7 Å². The Morgan fingerprint density at radius 2 is 2.00 bits per heavy atom. The Morgan fingerprint density at radius 3 is 2.55 bits per heavy atom. The van der Waals surface area contributed by atoms with Gasteiger partial charge in [0.2, 0.25) is 0 Å². The summed E-state index contributed by atoms with van der Waals surface area (Å²) in [4.78, 5) is 25.7. The molecule has 0 saturated carbocycles. The van der Waals surface area contributed by atoms with Crippen molar-refractivity contribution in [2.45, 2.75) is 19.4 Å². The summed E-state index contributed by atoms with van der Waals surface area (Å²) in [6, 6.07) is 2.86. The van der Waals surface area contributed by atoms with Crippen LogP contribution >= 0.6 is 11.6 Å². The first-order valence-electron chi connectivity index (χ1n) is 8.97. The van der Waals surface area contributed by atoms with Gasteiger partial charge in [-0.15, -0.1) is 0 Å². The highest BCUT2D eigenvalue weighted by molar-refractivity contribution is 7.91. The van der Waals surface area contributed by atoms with Crippen LogP contribution in [-0.2, 0) is 24.2 Å². The largest absolute Gasteiger partial charge is 0.493 e. The molecule has 29 heavy (non-hydrogen) atoms. The molecule has 1 unspecified atom stereocenters. The third kappa shape index (κ3) is 6.11. The molecule has 8 nitrogen and oxygen atoms in total. The average Bonchev–Trinajstić information content (AvgIpc) is 3.04. The van der Waals surface area contributed by atoms with E-state index in [1.165, 1.54) is 31.3 Å². The lowest BCUT2D eigenvalue weighted by atomic mass is 10.2. The lowest BCUT2D eigenvalue weighted by Crippen LogP contribution is -2.43. The monoisotopic (exact) mass is 445 g/mol. The molecular weight excluding hydrogens is 422 g/mol. The van der Waals surface area contributed by atoms with E-state index in [0.29, 0.717) is 35.1 Å². The van der Waals surface area contributed by atoms with Gasteiger partial charge < -0.3 is 19.1 Å². The molecule has 1 amide bonds. The van der Waals surface area contributed by atoms with E-state index in [4.69, 9.17) is 25.8 Å². The van der Waals surface area contributed by atoms with Gasteiger partial charge in [0, 0.05) is 18.7 Å². The number of carbonyl (C=O) groups excluding carboxylic acids is 2. The van der Waals surface area contributed by atoms with Gasteiger partial charge in [-0.3, -0.25) is 4.79 Å². The van der Waals surface area contributed by atoms with Gasteiger partial charge in [0.15, 0.2) is 27.9 Å². The van der Waals surface area contributed by atoms with Crippen LogP contribution in [0.1, 0.15) is 18.9 Å². The van der Waals surface area contributed by atoms with Gasteiger partial charge in [-0.25, -0.2) is 13.2 Å². The number of esters is 1. The summed E-state index contributed by atoms with van der Waals surface area (Å²) in [6.45, 7) is 1.64. The number of likely N-dealkylation sites (N-methyl/N-ethyl adjacent to an activating group) is 1. The molecule has 1 aliphatic heterocycles. The number of ether oxygens (including phenoxy) is 3. The molecule has 0 N–H and O–H groups in total. The number of benzene rings is 1. The third-order valence-electron chi connectivity index (χ3n) is 4.52. The summed E-state index contributed by atoms with van der Waals surface area (Å²) >= 11 is 6.12. The van der Waals surface area contributed by atoms with E-state index in [1.54, 1.807) is 19.1 Å². The van der Waals surface area contributed by atoms with Crippen LogP contribution in [-0.4, -0.2) is 70.1 Å². The van der Waals surface area contributed by atoms with Gasteiger partial charge in [-0.2, -0.15) is 0 Å². The van der Waals surface area contributed by atoms with Crippen LogP contribution in [0.2, 0.25) is 5.02 Å². The lowest BCUT2D eigenvalue weighted by molar-refractivity contribution is -0.149. The van der Waals surface area contributed by atoms with Crippen molar-refractivity contribution in [1.29, 1.82) is 0 Å². The summed E-state index contributed by atoms with van der Waals surface area (Å²) in [5.41, 5.74) is 0.585. The lowest BCUT2D eigenvalue weighted by Gasteiger charge is -2.26. The third-order valence-corrected chi connectivity index (χ3v) is 6.55. The van der Waals surface area contributed by atoms with Crippen LogP contribution in [0.5, 0.6) is 11.5 Å². The molecule has 1 saturated heterocycles. The first-order valence-corrected chi connectivity index (χ1v) is 11.2. The van der Waals surface area contributed by atoms with Crippen molar-refractivity contribution in [3.8, 4) is 11.5 Å².